The van der Waals surface area contributed by atoms with E-state index in [-0.39, 0.29) is 0 Å². The summed E-state index contributed by atoms with van der Waals surface area (Å²) in [5.74, 6) is 1.78. The van der Waals surface area contributed by atoms with E-state index < -0.39 is 0 Å². The minimum Gasteiger partial charge on any atom is -0.334 e. The number of rotatable bonds is 2. The molecule has 0 radical (unpaired) electrons. The number of aryl methyl sites for hydroxylation is 1. The Morgan fingerprint density at radius 1 is 1.42 bits per heavy atom. The topological polar surface area (TPSA) is 51.0 Å². The van der Waals surface area contributed by atoms with Crippen molar-refractivity contribution < 1.29 is 4.52 Å². The van der Waals surface area contributed by atoms with Crippen molar-refractivity contribution in [2.24, 2.45) is 0 Å². The van der Waals surface area contributed by atoms with E-state index in [1.165, 1.54) is 12.0 Å². The molecule has 2 heterocycles. The van der Waals surface area contributed by atoms with Gasteiger partial charge < -0.3 is 9.84 Å². The van der Waals surface area contributed by atoms with Crippen LogP contribution in [0.25, 0.3) is 11.5 Å². The van der Waals surface area contributed by atoms with Crippen LogP contribution < -0.4 is 5.32 Å². The number of piperidine rings is 1. The average molecular weight is 322 g/mol. The van der Waals surface area contributed by atoms with Crippen LogP contribution in [0.3, 0.4) is 0 Å². The maximum Gasteiger partial charge on any atom is 0.259 e. The van der Waals surface area contributed by atoms with Crippen LogP contribution in [0.4, 0.5) is 0 Å². The minimum atomic E-state index is 0.371. The van der Waals surface area contributed by atoms with E-state index in [2.05, 4.69) is 44.4 Å². The SMILES string of the molecule is Cc1ccc(-c2nc(C3CCCNC3)no2)c(Br)c1. The van der Waals surface area contributed by atoms with Crippen LogP contribution in [-0.2, 0) is 0 Å². The first-order valence-electron chi connectivity index (χ1n) is 6.55. The first kappa shape index (κ1) is 12.8. The molecule has 0 aliphatic carbocycles. The molecular weight excluding hydrogens is 306 g/mol. The zero-order valence-corrected chi connectivity index (χ0v) is 12.4. The van der Waals surface area contributed by atoms with Crippen LogP contribution in [0.5, 0.6) is 0 Å². The maximum atomic E-state index is 5.41. The molecule has 0 spiro atoms. The van der Waals surface area contributed by atoms with Crippen molar-refractivity contribution in [3.8, 4) is 11.5 Å². The van der Waals surface area contributed by atoms with E-state index in [9.17, 15) is 0 Å². The molecule has 1 aliphatic heterocycles. The molecule has 0 saturated carbocycles. The van der Waals surface area contributed by atoms with Gasteiger partial charge in [0.15, 0.2) is 5.82 Å². The second-order valence-electron chi connectivity index (χ2n) is 4.98. The maximum absolute atomic E-state index is 5.41. The lowest BCUT2D eigenvalue weighted by molar-refractivity contribution is 0.393. The van der Waals surface area contributed by atoms with Crippen LogP contribution in [0.2, 0.25) is 0 Å². The summed E-state index contributed by atoms with van der Waals surface area (Å²) in [5, 5.41) is 7.50. The van der Waals surface area contributed by atoms with Gasteiger partial charge in [0.25, 0.3) is 5.89 Å². The van der Waals surface area contributed by atoms with Crippen molar-refractivity contribution in [1.82, 2.24) is 15.5 Å². The van der Waals surface area contributed by atoms with Crippen molar-refractivity contribution >= 4 is 15.9 Å². The molecule has 4 nitrogen and oxygen atoms in total. The number of nitrogens with zero attached hydrogens (tertiary/aromatic N) is 2. The van der Waals surface area contributed by atoms with Crippen LogP contribution >= 0.6 is 15.9 Å². The molecule has 0 bridgehead atoms. The van der Waals surface area contributed by atoms with Crippen molar-refractivity contribution in [2.75, 3.05) is 13.1 Å². The molecule has 2 aromatic rings. The highest BCUT2D eigenvalue weighted by atomic mass is 79.9. The summed E-state index contributed by atoms with van der Waals surface area (Å²) >= 11 is 3.55. The molecule has 1 saturated heterocycles. The molecule has 3 rings (SSSR count). The monoisotopic (exact) mass is 321 g/mol. The fourth-order valence-corrected chi connectivity index (χ4v) is 3.04. The van der Waals surface area contributed by atoms with Crippen molar-refractivity contribution in [3.63, 3.8) is 0 Å². The number of hydrogen-bond acceptors (Lipinski definition) is 4. The highest BCUT2D eigenvalue weighted by Gasteiger charge is 2.21. The standard InChI is InChI=1S/C14H16BrN3O/c1-9-4-5-11(12(15)7-9)14-17-13(18-19-14)10-3-2-6-16-8-10/h4-5,7,10,16H,2-3,6,8H2,1H3. The Hall–Kier alpha value is -1.20. The van der Waals surface area contributed by atoms with Gasteiger partial charge in [-0.3, -0.25) is 0 Å². The predicted molar refractivity (Wildman–Crippen MR) is 77.0 cm³/mol. The summed E-state index contributed by atoms with van der Waals surface area (Å²) in [5.41, 5.74) is 2.15. The largest absolute Gasteiger partial charge is 0.334 e. The first-order chi connectivity index (χ1) is 9.24. The summed E-state index contributed by atoms with van der Waals surface area (Å²) in [6.45, 7) is 4.08. The third kappa shape index (κ3) is 2.72. The molecular formula is C14H16BrN3O. The number of benzene rings is 1. The summed E-state index contributed by atoms with van der Waals surface area (Å²) < 4.78 is 6.40. The Labute approximate surface area is 120 Å². The highest BCUT2D eigenvalue weighted by Crippen LogP contribution is 2.29. The Balaban J connectivity index is 1.87. The van der Waals surface area contributed by atoms with Gasteiger partial charge in [-0.05, 0) is 59.9 Å². The third-order valence-corrected chi connectivity index (χ3v) is 4.11. The van der Waals surface area contributed by atoms with E-state index >= 15 is 0 Å². The van der Waals surface area contributed by atoms with Gasteiger partial charge in [0.1, 0.15) is 0 Å². The number of halogens is 1. The lowest BCUT2D eigenvalue weighted by atomic mass is 9.99. The second-order valence-corrected chi connectivity index (χ2v) is 5.84. The summed E-state index contributed by atoms with van der Waals surface area (Å²) in [6, 6.07) is 6.11. The number of hydrogen-bond donors (Lipinski definition) is 1. The smallest absolute Gasteiger partial charge is 0.259 e. The van der Waals surface area contributed by atoms with Gasteiger partial charge in [0, 0.05) is 16.9 Å². The molecule has 100 valence electrons. The Morgan fingerprint density at radius 3 is 3.05 bits per heavy atom. The van der Waals surface area contributed by atoms with Gasteiger partial charge in [0.05, 0.1) is 5.56 Å². The van der Waals surface area contributed by atoms with E-state index in [1.807, 2.05) is 12.1 Å². The normalized spacial score (nSPS) is 19.6. The zero-order valence-electron chi connectivity index (χ0n) is 10.8. The first-order valence-corrected chi connectivity index (χ1v) is 7.34. The van der Waals surface area contributed by atoms with Crippen LogP contribution in [-0.4, -0.2) is 23.2 Å². The molecule has 5 heteroatoms. The van der Waals surface area contributed by atoms with E-state index in [0.717, 1.165) is 35.4 Å². The van der Waals surface area contributed by atoms with Crippen molar-refractivity contribution in [2.45, 2.75) is 25.7 Å². The lowest BCUT2D eigenvalue weighted by Crippen LogP contribution is -2.28. The van der Waals surface area contributed by atoms with Crippen molar-refractivity contribution in [3.05, 3.63) is 34.1 Å². The second kappa shape index (κ2) is 5.43. The fourth-order valence-electron chi connectivity index (χ4n) is 2.38. The van der Waals surface area contributed by atoms with E-state index in [1.54, 1.807) is 0 Å². The van der Waals surface area contributed by atoms with E-state index in [0.29, 0.717) is 11.8 Å². The average Bonchev–Trinajstić information content (AvgIpc) is 2.89. The summed E-state index contributed by atoms with van der Waals surface area (Å²) in [4.78, 5) is 4.55. The molecule has 1 fully saturated rings. The van der Waals surface area contributed by atoms with Crippen LogP contribution in [0, 0.1) is 6.92 Å². The molecule has 0 amide bonds. The number of aromatic nitrogens is 2. The van der Waals surface area contributed by atoms with Gasteiger partial charge in [0.2, 0.25) is 0 Å². The van der Waals surface area contributed by atoms with Gasteiger partial charge >= 0.3 is 0 Å². The van der Waals surface area contributed by atoms with Gasteiger partial charge in [-0.1, -0.05) is 11.2 Å². The van der Waals surface area contributed by atoms with Gasteiger partial charge in [-0.2, -0.15) is 4.98 Å². The molecule has 1 aliphatic rings. The van der Waals surface area contributed by atoms with Crippen LogP contribution in [0.1, 0.15) is 30.1 Å². The molecule has 1 N–H and O–H groups in total. The highest BCUT2D eigenvalue weighted by molar-refractivity contribution is 9.10. The molecule has 1 unspecified atom stereocenters. The lowest BCUT2D eigenvalue weighted by Gasteiger charge is -2.19. The van der Waals surface area contributed by atoms with Gasteiger partial charge in [-0.15, -0.1) is 0 Å². The Bertz CT molecular complexity index is 576. The number of nitrogens with one attached hydrogen (secondary N) is 1. The molecule has 1 atom stereocenters. The van der Waals surface area contributed by atoms with E-state index in [4.69, 9.17) is 4.52 Å². The Morgan fingerprint density at radius 2 is 2.32 bits per heavy atom. The summed E-state index contributed by atoms with van der Waals surface area (Å²) in [6.07, 6.45) is 2.30. The minimum absolute atomic E-state index is 0.371. The predicted octanol–water partition coefficient (Wildman–Crippen LogP) is 3.27. The quantitative estimate of drug-likeness (QED) is 0.922. The fraction of sp³-hybridized carbons (Fsp3) is 0.429. The van der Waals surface area contributed by atoms with Gasteiger partial charge in [-0.25, -0.2) is 0 Å². The third-order valence-electron chi connectivity index (χ3n) is 3.46. The molecule has 19 heavy (non-hydrogen) atoms. The zero-order chi connectivity index (χ0) is 13.2. The summed E-state index contributed by atoms with van der Waals surface area (Å²) in [7, 11) is 0. The van der Waals surface area contributed by atoms with Crippen molar-refractivity contribution in [1.29, 1.82) is 0 Å². The molecule has 1 aromatic carbocycles. The Kier molecular flexibility index (Phi) is 3.66. The van der Waals surface area contributed by atoms with Crippen LogP contribution in [0.15, 0.2) is 27.2 Å². The molecule has 1 aromatic heterocycles.